The smallest absolute Gasteiger partial charge is 0.222 e. The molecule has 1 atom stereocenters. The van der Waals surface area contributed by atoms with E-state index in [9.17, 15) is 4.79 Å². The number of aromatic nitrogens is 1. The van der Waals surface area contributed by atoms with Crippen molar-refractivity contribution in [3.05, 3.63) is 10.5 Å². The molecular formula is C8H10ClN3OS. The lowest BCUT2D eigenvalue weighted by Crippen LogP contribution is -2.27. The van der Waals surface area contributed by atoms with Crippen LogP contribution in [0.3, 0.4) is 0 Å². The monoisotopic (exact) mass is 231 g/mol. The molecule has 1 aromatic rings. The van der Waals surface area contributed by atoms with Crippen LogP contribution in [0.4, 0.5) is 5.13 Å². The van der Waals surface area contributed by atoms with Gasteiger partial charge in [-0.2, -0.15) is 0 Å². The summed E-state index contributed by atoms with van der Waals surface area (Å²) in [6, 6.07) is 0. The van der Waals surface area contributed by atoms with Crippen molar-refractivity contribution in [3.8, 4) is 0 Å². The molecule has 0 radical (unpaired) electrons. The number of hydrogen-bond acceptors (Lipinski definition) is 4. The number of nitrogens with zero attached hydrogens (tertiary/aromatic N) is 2. The highest BCUT2D eigenvalue weighted by Gasteiger charge is 2.27. The predicted octanol–water partition coefficient (Wildman–Crippen LogP) is 1.11. The summed E-state index contributed by atoms with van der Waals surface area (Å²) < 4.78 is 0. The molecule has 6 heteroatoms. The standard InChI is InChI=1S/C8H10ClN3OS/c9-6-4-14-8(11-6)12-2-1-5(3-12)7(10)13/h4-5H,1-3H2,(H2,10,13). The van der Waals surface area contributed by atoms with Crippen molar-refractivity contribution in [1.82, 2.24) is 4.98 Å². The fraction of sp³-hybridized carbons (Fsp3) is 0.500. The van der Waals surface area contributed by atoms with E-state index in [0.29, 0.717) is 11.7 Å². The molecule has 1 aliphatic rings. The molecule has 1 aromatic heterocycles. The quantitative estimate of drug-likeness (QED) is 0.830. The van der Waals surface area contributed by atoms with Crippen LogP contribution in [0.15, 0.2) is 5.38 Å². The molecular weight excluding hydrogens is 222 g/mol. The molecule has 76 valence electrons. The van der Waals surface area contributed by atoms with Gasteiger partial charge in [0.25, 0.3) is 0 Å². The van der Waals surface area contributed by atoms with Crippen LogP contribution in [0.25, 0.3) is 0 Å². The highest BCUT2D eigenvalue weighted by molar-refractivity contribution is 7.14. The van der Waals surface area contributed by atoms with Gasteiger partial charge in [0, 0.05) is 18.5 Å². The SMILES string of the molecule is NC(=O)C1CCN(c2nc(Cl)cs2)C1. The van der Waals surface area contributed by atoms with Crippen LogP contribution in [0, 0.1) is 5.92 Å². The molecule has 0 saturated carbocycles. The van der Waals surface area contributed by atoms with Gasteiger partial charge in [-0.3, -0.25) is 4.79 Å². The van der Waals surface area contributed by atoms with Crippen molar-refractivity contribution in [2.45, 2.75) is 6.42 Å². The fourth-order valence-electron chi connectivity index (χ4n) is 1.56. The van der Waals surface area contributed by atoms with E-state index in [-0.39, 0.29) is 11.8 Å². The molecule has 0 bridgehead atoms. The number of carbonyl (C=O) groups is 1. The van der Waals surface area contributed by atoms with Crippen molar-refractivity contribution in [2.24, 2.45) is 11.7 Å². The second-order valence-corrected chi connectivity index (χ2v) is 4.51. The minimum atomic E-state index is -0.227. The zero-order chi connectivity index (χ0) is 10.1. The van der Waals surface area contributed by atoms with Gasteiger partial charge in [-0.25, -0.2) is 4.98 Å². The van der Waals surface area contributed by atoms with Crippen molar-refractivity contribution in [1.29, 1.82) is 0 Å². The number of nitrogens with two attached hydrogens (primary N) is 1. The van der Waals surface area contributed by atoms with Gasteiger partial charge in [-0.05, 0) is 6.42 Å². The van der Waals surface area contributed by atoms with E-state index in [1.165, 1.54) is 11.3 Å². The lowest BCUT2D eigenvalue weighted by molar-refractivity contribution is -0.121. The van der Waals surface area contributed by atoms with E-state index in [1.54, 1.807) is 5.38 Å². The first-order chi connectivity index (χ1) is 6.66. The summed E-state index contributed by atoms with van der Waals surface area (Å²) in [7, 11) is 0. The number of thiazole rings is 1. The third-order valence-corrected chi connectivity index (χ3v) is 3.55. The minimum absolute atomic E-state index is 0.0438. The summed E-state index contributed by atoms with van der Waals surface area (Å²) in [6.45, 7) is 1.50. The largest absolute Gasteiger partial charge is 0.369 e. The molecule has 1 amide bonds. The molecule has 1 saturated heterocycles. The second-order valence-electron chi connectivity index (χ2n) is 3.29. The Morgan fingerprint density at radius 3 is 3.07 bits per heavy atom. The van der Waals surface area contributed by atoms with Crippen LogP contribution in [-0.4, -0.2) is 24.0 Å². The zero-order valence-electron chi connectivity index (χ0n) is 7.44. The normalized spacial score (nSPS) is 21.5. The predicted molar refractivity (Wildman–Crippen MR) is 56.6 cm³/mol. The first-order valence-corrected chi connectivity index (χ1v) is 5.58. The first-order valence-electron chi connectivity index (χ1n) is 4.32. The average Bonchev–Trinajstić information content (AvgIpc) is 2.70. The highest BCUT2D eigenvalue weighted by atomic mass is 35.5. The maximum absolute atomic E-state index is 10.9. The molecule has 0 aliphatic carbocycles. The van der Waals surface area contributed by atoms with E-state index in [0.717, 1.165) is 18.1 Å². The minimum Gasteiger partial charge on any atom is -0.369 e. The highest BCUT2D eigenvalue weighted by Crippen LogP contribution is 2.28. The maximum atomic E-state index is 10.9. The molecule has 1 fully saturated rings. The number of carbonyl (C=O) groups excluding carboxylic acids is 1. The topological polar surface area (TPSA) is 59.2 Å². The number of halogens is 1. The molecule has 0 spiro atoms. The second kappa shape index (κ2) is 3.74. The van der Waals surface area contributed by atoms with Gasteiger partial charge in [-0.1, -0.05) is 11.6 Å². The lowest BCUT2D eigenvalue weighted by atomic mass is 10.1. The van der Waals surface area contributed by atoms with Gasteiger partial charge >= 0.3 is 0 Å². The Balaban J connectivity index is 2.05. The fourth-order valence-corrected chi connectivity index (χ4v) is 2.54. The summed E-state index contributed by atoms with van der Waals surface area (Å²) in [5.41, 5.74) is 5.23. The van der Waals surface area contributed by atoms with E-state index in [4.69, 9.17) is 17.3 Å². The van der Waals surface area contributed by atoms with Gasteiger partial charge in [0.1, 0.15) is 5.15 Å². The number of primary amides is 1. The van der Waals surface area contributed by atoms with Crippen LogP contribution in [-0.2, 0) is 4.79 Å². The third-order valence-electron chi connectivity index (χ3n) is 2.33. The Morgan fingerprint density at radius 1 is 1.79 bits per heavy atom. The van der Waals surface area contributed by atoms with Gasteiger partial charge in [0.15, 0.2) is 5.13 Å². The molecule has 0 aromatic carbocycles. The maximum Gasteiger partial charge on any atom is 0.222 e. The molecule has 2 rings (SSSR count). The Labute approximate surface area is 90.7 Å². The Kier molecular flexibility index (Phi) is 2.60. The number of rotatable bonds is 2. The van der Waals surface area contributed by atoms with Crippen LogP contribution >= 0.6 is 22.9 Å². The van der Waals surface area contributed by atoms with Crippen molar-refractivity contribution in [3.63, 3.8) is 0 Å². The first kappa shape index (κ1) is 9.73. The van der Waals surface area contributed by atoms with E-state index in [1.807, 2.05) is 4.90 Å². The van der Waals surface area contributed by atoms with Gasteiger partial charge in [-0.15, -0.1) is 11.3 Å². The van der Waals surface area contributed by atoms with Crippen molar-refractivity contribution < 1.29 is 4.79 Å². The van der Waals surface area contributed by atoms with Gasteiger partial charge in [0.05, 0.1) is 5.92 Å². The van der Waals surface area contributed by atoms with Crippen molar-refractivity contribution >= 4 is 34.0 Å². The third kappa shape index (κ3) is 1.83. The summed E-state index contributed by atoms with van der Waals surface area (Å²) >= 11 is 7.21. The zero-order valence-corrected chi connectivity index (χ0v) is 9.01. The summed E-state index contributed by atoms with van der Waals surface area (Å²) in [5, 5.41) is 3.17. The Morgan fingerprint density at radius 2 is 2.57 bits per heavy atom. The van der Waals surface area contributed by atoms with Crippen LogP contribution in [0.2, 0.25) is 5.15 Å². The Bertz CT molecular complexity index is 354. The summed E-state index contributed by atoms with van der Waals surface area (Å²) in [5.74, 6) is -0.271. The molecule has 4 nitrogen and oxygen atoms in total. The van der Waals surface area contributed by atoms with E-state index < -0.39 is 0 Å². The Hall–Kier alpha value is -0.810. The van der Waals surface area contributed by atoms with E-state index in [2.05, 4.69) is 4.98 Å². The molecule has 14 heavy (non-hydrogen) atoms. The summed E-state index contributed by atoms with van der Waals surface area (Å²) in [4.78, 5) is 17.1. The van der Waals surface area contributed by atoms with Crippen LogP contribution in [0.5, 0.6) is 0 Å². The van der Waals surface area contributed by atoms with Gasteiger partial charge in [0.2, 0.25) is 5.91 Å². The number of anilines is 1. The van der Waals surface area contributed by atoms with Gasteiger partial charge < -0.3 is 10.6 Å². The van der Waals surface area contributed by atoms with Crippen molar-refractivity contribution in [2.75, 3.05) is 18.0 Å². The molecule has 2 heterocycles. The van der Waals surface area contributed by atoms with E-state index >= 15 is 0 Å². The van der Waals surface area contributed by atoms with Crippen LogP contribution in [0.1, 0.15) is 6.42 Å². The number of hydrogen-bond donors (Lipinski definition) is 1. The molecule has 1 aliphatic heterocycles. The van der Waals surface area contributed by atoms with Crippen LogP contribution < -0.4 is 10.6 Å². The number of amides is 1. The molecule has 2 N–H and O–H groups in total. The summed E-state index contributed by atoms with van der Waals surface area (Å²) in [6.07, 6.45) is 0.812. The molecule has 1 unspecified atom stereocenters. The lowest BCUT2D eigenvalue weighted by Gasteiger charge is -2.13. The average molecular weight is 232 g/mol.